The molecule has 1 fully saturated rings. The molecule has 3 rings (SSSR count). The summed E-state index contributed by atoms with van der Waals surface area (Å²) in [6, 6.07) is 14.0. The number of halogens is 1. The molecule has 1 aliphatic heterocycles. The minimum Gasteiger partial charge on any atom is -0.497 e. The molecule has 3 N–H and O–H groups in total. The van der Waals surface area contributed by atoms with E-state index in [1.54, 1.807) is 29.7 Å². The van der Waals surface area contributed by atoms with E-state index in [4.69, 9.17) is 4.74 Å². The number of methoxy groups -OCH3 is 1. The SMILES string of the molecule is COc1ccc(S(=O)(=O)N(Cc2ccccc2)[C@@H](C(=O)NO)C2CCNC2)cc1.Cl. The molecule has 30 heavy (non-hydrogen) atoms. The second-order valence-electron chi connectivity index (χ2n) is 6.89. The highest BCUT2D eigenvalue weighted by molar-refractivity contribution is 7.89. The number of carbonyl (C=O) groups excluding carboxylic acids is 1. The average molecular weight is 456 g/mol. The van der Waals surface area contributed by atoms with E-state index in [1.807, 2.05) is 18.2 Å². The summed E-state index contributed by atoms with van der Waals surface area (Å²) in [5.41, 5.74) is 2.40. The van der Waals surface area contributed by atoms with Crippen LogP contribution in [-0.2, 0) is 21.4 Å². The lowest BCUT2D eigenvalue weighted by Gasteiger charge is -2.33. The Bertz CT molecular complexity index is 919. The minimum atomic E-state index is -4.04. The molecule has 1 amide bonds. The number of sulfonamides is 1. The lowest BCUT2D eigenvalue weighted by atomic mass is 9.98. The quantitative estimate of drug-likeness (QED) is 0.413. The lowest BCUT2D eigenvalue weighted by molar-refractivity contribution is -0.134. The van der Waals surface area contributed by atoms with Crippen LogP contribution in [0.2, 0.25) is 0 Å². The number of hydroxylamine groups is 1. The molecule has 2 aromatic carbocycles. The number of hydrogen-bond donors (Lipinski definition) is 3. The summed E-state index contributed by atoms with van der Waals surface area (Å²) >= 11 is 0. The molecule has 1 heterocycles. The molecule has 164 valence electrons. The van der Waals surface area contributed by atoms with Crippen molar-refractivity contribution in [1.29, 1.82) is 0 Å². The number of benzene rings is 2. The summed E-state index contributed by atoms with van der Waals surface area (Å²) in [5, 5.41) is 12.5. The van der Waals surface area contributed by atoms with E-state index in [-0.39, 0.29) is 29.8 Å². The van der Waals surface area contributed by atoms with Gasteiger partial charge >= 0.3 is 0 Å². The largest absolute Gasteiger partial charge is 0.497 e. The van der Waals surface area contributed by atoms with Crippen molar-refractivity contribution in [2.24, 2.45) is 5.92 Å². The Kier molecular flexibility index (Phi) is 8.63. The predicted molar refractivity (Wildman–Crippen MR) is 114 cm³/mol. The Morgan fingerprint density at radius 1 is 1.23 bits per heavy atom. The van der Waals surface area contributed by atoms with E-state index in [2.05, 4.69) is 5.32 Å². The molecule has 0 radical (unpaired) electrons. The predicted octanol–water partition coefficient (Wildman–Crippen LogP) is 1.79. The van der Waals surface area contributed by atoms with Gasteiger partial charge in [0, 0.05) is 13.1 Å². The fourth-order valence-electron chi connectivity index (χ4n) is 3.57. The van der Waals surface area contributed by atoms with E-state index in [1.165, 1.54) is 23.5 Å². The normalized spacial score (nSPS) is 17.2. The number of nitrogens with one attached hydrogen (secondary N) is 2. The van der Waals surface area contributed by atoms with E-state index in [9.17, 15) is 18.4 Å². The van der Waals surface area contributed by atoms with Crippen molar-refractivity contribution in [3.8, 4) is 5.75 Å². The van der Waals surface area contributed by atoms with Gasteiger partial charge in [-0.05, 0) is 48.7 Å². The van der Waals surface area contributed by atoms with Gasteiger partial charge in [0.05, 0.1) is 12.0 Å². The molecule has 8 nitrogen and oxygen atoms in total. The van der Waals surface area contributed by atoms with Gasteiger partial charge in [0.2, 0.25) is 10.0 Å². The smallest absolute Gasteiger partial charge is 0.262 e. The van der Waals surface area contributed by atoms with Crippen molar-refractivity contribution in [2.75, 3.05) is 20.2 Å². The van der Waals surface area contributed by atoms with Crippen molar-refractivity contribution in [2.45, 2.75) is 23.9 Å². The Morgan fingerprint density at radius 3 is 2.43 bits per heavy atom. The van der Waals surface area contributed by atoms with Crippen molar-refractivity contribution in [1.82, 2.24) is 15.1 Å². The topological polar surface area (TPSA) is 108 Å². The highest BCUT2D eigenvalue weighted by Gasteiger charge is 2.41. The van der Waals surface area contributed by atoms with Crippen LogP contribution in [0.25, 0.3) is 0 Å². The Labute approximate surface area is 182 Å². The third-order valence-electron chi connectivity index (χ3n) is 5.08. The first-order chi connectivity index (χ1) is 14.0. The van der Waals surface area contributed by atoms with Crippen LogP contribution in [0.3, 0.4) is 0 Å². The number of nitrogens with zero attached hydrogens (tertiary/aromatic N) is 1. The van der Waals surface area contributed by atoms with Gasteiger partial charge in [0.25, 0.3) is 5.91 Å². The first-order valence-corrected chi connectivity index (χ1v) is 10.8. The van der Waals surface area contributed by atoms with Gasteiger partial charge in [0.15, 0.2) is 0 Å². The van der Waals surface area contributed by atoms with Gasteiger partial charge in [0.1, 0.15) is 11.8 Å². The maximum atomic E-state index is 13.6. The summed E-state index contributed by atoms with van der Waals surface area (Å²) in [6.45, 7) is 1.17. The minimum absolute atomic E-state index is 0. The van der Waals surface area contributed by atoms with Crippen LogP contribution in [0.5, 0.6) is 5.75 Å². The third kappa shape index (κ3) is 5.30. The fourth-order valence-corrected chi connectivity index (χ4v) is 5.21. The summed E-state index contributed by atoms with van der Waals surface area (Å²) in [5.74, 6) is -0.478. The number of amides is 1. The van der Waals surface area contributed by atoms with Crippen LogP contribution >= 0.6 is 12.4 Å². The van der Waals surface area contributed by atoms with Crippen molar-refractivity contribution in [3.05, 3.63) is 60.2 Å². The molecule has 0 spiro atoms. The summed E-state index contributed by atoms with van der Waals surface area (Å²) < 4.78 is 33.4. The van der Waals surface area contributed by atoms with Crippen LogP contribution in [0.15, 0.2) is 59.5 Å². The standard InChI is InChI=1S/C20H25N3O5S.ClH/c1-28-17-7-9-18(10-8-17)29(26,27)23(14-15-5-3-2-4-6-15)19(20(24)22-25)16-11-12-21-13-16;/h2-10,16,19,21,25H,11-14H2,1H3,(H,22,24);1H/t16?,19-;/m1./s1. The molecule has 2 atom stereocenters. The molecule has 0 aliphatic carbocycles. The van der Waals surface area contributed by atoms with E-state index >= 15 is 0 Å². The molecule has 0 aromatic heterocycles. The fraction of sp³-hybridized carbons (Fsp3) is 0.350. The molecule has 0 saturated carbocycles. The van der Waals surface area contributed by atoms with Crippen molar-refractivity contribution in [3.63, 3.8) is 0 Å². The zero-order valence-electron chi connectivity index (χ0n) is 16.5. The molecule has 2 aromatic rings. The number of ether oxygens (including phenoxy) is 1. The van der Waals surface area contributed by atoms with Gasteiger partial charge in [-0.2, -0.15) is 4.31 Å². The molecular weight excluding hydrogens is 430 g/mol. The van der Waals surface area contributed by atoms with Gasteiger partial charge in [-0.1, -0.05) is 30.3 Å². The Hall–Kier alpha value is -2.17. The summed E-state index contributed by atoms with van der Waals surface area (Å²) in [7, 11) is -2.54. The molecule has 1 aliphatic rings. The van der Waals surface area contributed by atoms with Crippen LogP contribution < -0.4 is 15.5 Å². The maximum Gasteiger partial charge on any atom is 0.262 e. The first-order valence-electron chi connectivity index (χ1n) is 9.32. The van der Waals surface area contributed by atoms with E-state index < -0.39 is 22.0 Å². The lowest BCUT2D eigenvalue weighted by Crippen LogP contribution is -2.52. The van der Waals surface area contributed by atoms with Crippen LogP contribution in [0.1, 0.15) is 12.0 Å². The molecule has 1 unspecified atom stereocenters. The van der Waals surface area contributed by atoms with Gasteiger partial charge in [-0.25, -0.2) is 13.9 Å². The number of carbonyl (C=O) groups is 1. The molecule has 1 saturated heterocycles. The van der Waals surface area contributed by atoms with E-state index in [0.717, 1.165) is 5.56 Å². The second-order valence-corrected chi connectivity index (χ2v) is 8.78. The zero-order chi connectivity index (χ0) is 20.9. The van der Waals surface area contributed by atoms with Crippen molar-refractivity contribution >= 4 is 28.3 Å². The third-order valence-corrected chi connectivity index (χ3v) is 6.92. The Balaban J connectivity index is 0.00000320. The van der Waals surface area contributed by atoms with Crippen LogP contribution in [0.4, 0.5) is 0 Å². The number of rotatable bonds is 8. The monoisotopic (exact) mass is 455 g/mol. The summed E-state index contributed by atoms with van der Waals surface area (Å²) in [4.78, 5) is 12.6. The maximum absolute atomic E-state index is 13.6. The average Bonchev–Trinajstić information content (AvgIpc) is 3.28. The van der Waals surface area contributed by atoms with Crippen molar-refractivity contribution < 1.29 is 23.2 Å². The molecule has 0 bridgehead atoms. The number of hydrogen-bond acceptors (Lipinski definition) is 6. The van der Waals surface area contributed by atoms with Crippen LogP contribution in [-0.4, -0.2) is 50.1 Å². The van der Waals surface area contributed by atoms with Gasteiger partial charge in [-0.15, -0.1) is 12.4 Å². The summed E-state index contributed by atoms with van der Waals surface area (Å²) in [6.07, 6.45) is 0.626. The Morgan fingerprint density at radius 2 is 1.90 bits per heavy atom. The second kappa shape index (κ2) is 10.7. The van der Waals surface area contributed by atoms with Gasteiger partial charge < -0.3 is 10.1 Å². The van der Waals surface area contributed by atoms with E-state index in [0.29, 0.717) is 25.3 Å². The first kappa shape index (κ1) is 24.1. The van der Waals surface area contributed by atoms with Crippen LogP contribution in [0, 0.1) is 5.92 Å². The van der Waals surface area contributed by atoms with Gasteiger partial charge in [-0.3, -0.25) is 10.0 Å². The molecular formula is C20H26ClN3O5S. The highest BCUT2D eigenvalue weighted by Crippen LogP contribution is 2.28. The highest BCUT2D eigenvalue weighted by atomic mass is 35.5. The molecule has 10 heteroatoms. The zero-order valence-corrected chi connectivity index (χ0v) is 18.2.